The maximum atomic E-state index is 12.3. The highest BCUT2D eigenvalue weighted by molar-refractivity contribution is 5.68. The molecule has 0 spiro atoms. The van der Waals surface area contributed by atoms with Crippen molar-refractivity contribution in [2.45, 2.75) is 64.8 Å². The molecule has 1 aliphatic heterocycles. The largest absolute Gasteiger partial charge is 0.490 e. The number of nitro groups is 1. The summed E-state index contributed by atoms with van der Waals surface area (Å²) in [7, 11) is 0. The van der Waals surface area contributed by atoms with Gasteiger partial charge in [0.15, 0.2) is 0 Å². The molecule has 1 N–H and O–H groups in total. The number of carbonyl (C=O) groups is 1. The zero-order valence-corrected chi connectivity index (χ0v) is 21.6. The number of hydrogen-bond acceptors (Lipinski definition) is 7. The third kappa shape index (κ3) is 7.79. The Balaban J connectivity index is 1.69. The number of hydrogen-bond donors (Lipinski definition) is 1. The lowest BCUT2D eigenvalue weighted by Crippen LogP contribution is -2.44. The van der Waals surface area contributed by atoms with Gasteiger partial charge in [0.05, 0.1) is 22.7 Å². The molecule has 1 aliphatic rings. The molecular formula is C28H33N3O6. The smallest absolute Gasteiger partial charge is 0.410 e. The lowest BCUT2D eigenvalue weighted by Gasteiger charge is -2.33. The maximum absolute atomic E-state index is 12.3. The van der Waals surface area contributed by atoms with E-state index in [2.05, 4.69) is 6.07 Å². The Kier molecular flexibility index (Phi) is 8.90. The van der Waals surface area contributed by atoms with Gasteiger partial charge in [-0.3, -0.25) is 10.1 Å². The van der Waals surface area contributed by atoms with Gasteiger partial charge in [-0.05, 0) is 51.5 Å². The number of nitrogens with zero attached hydrogens (tertiary/aromatic N) is 3. The molecule has 0 aliphatic carbocycles. The first-order valence-corrected chi connectivity index (χ1v) is 12.2. The van der Waals surface area contributed by atoms with Crippen LogP contribution in [0.4, 0.5) is 10.5 Å². The van der Waals surface area contributed by atoms with Crippen LogP contribution in [0.5, 0.6) is 5.75 Å². The highest BCUT2D eigenvalue weighted by Gasteiger charge is 2.29. The van der Waals surface area contributed by atoms with Crippen LogP contribution in [0, 0.1) is 28.4 Å². The van der Waals surface area contributed by atoms with E-state index in [9.17, 15) is 20.0 Å². The summed E-state index contributed by atoms with van der Waals surface area (Å²) in [5, 5.41) is 31.4. The second kappa shape index (κ2) is 11.9. The first-order valence-electron chi connectivity index (χ1n) is 12.2. The molecule has 37 heavy (non-hydrogen) atoms. The van der Waals surface area contributed by atoms with Crippen molar-refractivity contribution in [1.82, 2.24) is 4.90 Å². The van der Waals surface area contributed by atoms with Crippen LogP contribution in [-0.2, 0) is 11.2 Å². The van der Waals surface area contributed by atoms with Crippen molar-refractivity contribution in [2.24, 2.45) is 0 Å². The molecule has 1 saturated heterocycles. The molecule has 1 atom stereocenters. The Morgan fingerprint density at radius 3 is 2.62 bits per heavy atom. The zero-order valence-electron chi connectivity index (χ0n) is 21.6. The molecule has 0 radical (unpaired) electrons. The number of ether oxygens (including phenoxy) is 2. The standard InChI is InChI=1S/C28H33N3O6/c1-19-24(17-22(32)9-8-20-6-5-7-21(16-20)18-29)25(31(34)35)10-11-26(19)36-23-12-14-30(15-13-23)27(33)37-28(2,3)4/h5-11,16,22-23,32H,12-15,17H2,1-4H3/b9-8+. The normalized spacial score (nSPS) is 15.3. The number of likely N-dealkylation sites (tertiary alicyclic amines) is 1. The lowest BCUT2D eigenvalue weighted by atomic mass is 9.98. The summed E-state index contributed by atoms with van der Waals surface area (Å²) >= 11 is 0. The van der Waals surface area contributed by atoms with E-state index in [0.717, 1.165) is 5.56 Å². The minimum absolute atomic E-state index is 0.0326. The molecule has 196 valence electrons. The van der Waals surface area contributed by atoms with Crippen molar-refractivity contribution in [2.75, 3.05) is 13.1 Å². The second-order valence-electron chi connectivity index (χ2n) is 10.1. The molecule has 9 heteroatoms. The Bertz CT molecular complexity index is 1200. The fourth-order valence-corrected chi connectivity index (χ4v) is 4.15. The fraction of sp³-hybridized carbons (Fsp3) is 0.429. The maximum Gasteiger partial charge on any atom is 0.410 e. The fourth-order valence-electron chi connectivity index (χ4n) is 4.15. The van der Waals surface area contributed by atoms with Crippen molar-refractivity contribution in [3.05, 3.63) is 74.8 Å². The van der Waals surface area contributed by atoms with Gasteiger partial charge >= 0.3 is 6.09 Å². The highest BCUT2D eigenvalue weighted by Crippen LogP contribution is 2.33. The van der Waals surface area contributed by atoms with Crippen LogP contribution < -0.4 is 4.74 Å². The second-order valence-corrected chi connectivity index (χ2v) is 10.1. The molecule has 0 bridgehead atoms. The predicted molar refractivity (Wildman–Crippen MR) is 139 cm³/mol. The van der Waals surface area contributed by atoms with E-state index in [-0.39, 0.29) is 24.3 Å². The molecule has 1 unspecified atom stereocenters. The number of benzene rings is 2. The number of rotatable bonds is 7. The summed E-state index contributed by atoms with van der Waals surface area (Å²) in [6.07, 6.45) is 3.02. The van der Waals surface area contributed by atoms with E-state index in [1.165, 1.54) is 6.07 Å². The number of nitriles is 1. The highest BCUT2D eigenvalue weighted by atomic mass is 16.6. The molecule has 3 rings (SSSR count). The topological polar surface area (TPSA) is 126 Å². The molecular weight excluding hydrogens is 474 g/mol. The van der Waals surface area contributed by atoms with Crippen molar-refractivity contribution in [3.8, 4) is 11.8 Å². The summed E-state index contributed by atoms with van der Waals surface area (Å²) < 4.78 is 11.6. The Labute approximate surface area is 217 Å². The van der Waals surface area contributed by atoms with Crippen molar-refractivity contribution >= 4 is 17.9 Å². The van der Waals surface area contributed by atoms with Crippen molar-refractivity contribution in [3.63, 3.8) is 0 Å². The first-order chi connectivity index (χ1) is 17.5. The summed E-state index contributed by atoms with van der Waals surface area (Å²) in [5.41, 5.74) is 1.61. The Hall–Kier alpha value is -3.90. The lowest BCUT2D eigenvalue weighted by molar-refractivity contribution is -0.385. The summed E-state index contributed by atoms with van der Waals surface area (Å²) in [6.45, 7) is 8.22. The van der Waals surface area contributed by atoms with E-state index in [1.54, 1.807) is 54.3 Å². The molecule has 0 saturated carbocycles. The molecule has 1 amide bonds. The van der Waals surface area contributed by atoms with Crippen LogP contribution in [-0.4, -0.2) is 51.9 Å². The number of nitro benzene ring substituents is 1. The van der Waals surface area contributed by atoms with Gasteiger partial charge in [-0.1, -0.05) is 24.3 Å². The molecule has 1 heterocycles. The zero-order chi connectivity index (χ0) is 27.2. The SMILES string of the molecule is Cc1c(OC2CCN(C(=O)OC(C)(C)C)CC2)ccc([N+](=O)[O-])c1CC(O)/C=C/c1cccc(C#N)c1. The monoisotopic (exact) mass is 507 g/mol. The van der Waals surface area contributed by atoms with E-state index < -0.39 is 16.6 Å². The van der Waals surface area contributed by atoms with E-state index >= 15 is 0 Å². The minimum Gasteiger partial charge on any atom is -0.490 e. The van der Waals surface area contributed by atoms with Crippen LogP contribution in [0.2, 0.25) is 0 Å². The van der Waals surface area contributed by atoms with Gasteiger partial charge in [0.2, 0.25) is 0 Å². The van der Waals surface area contributed by atoms with Gasteiger partial charge in [-0.25, -0.2) is 4.79 Å². The summed E-state index contributed by atoms with van der Waals surface area (Å²) in [5.74, 6) is 0.522. The van der Waals surface area contributed by atoms with Gasteiger partial charge in [-0.2, -0.15) is 5.26 Å². The van der Waals surface area contributed by atoms with Crippen molar-refractivity contribution in [1.29, 1.82) is 5.26 Å². The van der Waals surface area contributed by atoms with Gasteiger partial charge < -0.3 is 19.5 Å². The van der Waals surface area contributed by atoms with Gasteiger partial charge in [-0.15, -0.1) is 0 Å². The van der Waals surface area contributed by atoms with Crippen LogP contribution >= 0.6 is 0 Å². The summed E-state index contributed by atoms with van der Waals surface area (Å²) in [4.78, 5) is 25.2. The third-order valence-electron chi connectivity index (χ3n) is 6.05. The van der Waals surface area contributed by atoms with Gasteiger partial charge in [0, 0.05) is 49.5 Å². The van der Waals surface area contributed by atoms with Gasteiger partial charge in [0.1, 0.15) is 17.5 Å². The van der Waals surface area contributed by atoms with Crippen LogP contribution in [0.3, 0.4) is 0 Å². The predicted octanol–water partition coefficient (Wildman–Crippen LogP) is 5.17. The average Bonchev–Trinajstić information content (AvgIpc) is 2.84. The Morgan fingerprint density at radius 1 is 1.30 bits per heavy atom. The molecule has 9 nitrogen and oxygen atoms in total. The van der Waals surface area contributed by atoms with Crippen molar-refractivity contribution < 1.29 is 24.3 Å². The number of aliphatic hydroxyl groups is 1. The van der Waals surface area contributed by atoms with Crippen LogP contribution in [0.25, 0.3) is 6.08 Å². The molecule has 0 aromatic heterocycles. The van der Waals surface area contributed by atoms with Crippen LogP contribution in [0.1, 0.15) is 55.9 Å². The van der Waals surface area contributed by atoms with Gasteiger partial charge in [0.25, 0.3) is 5.69 Å². The first kappa shape index (κ1) is 27.7. The van der Waals surface area contributed by atoms with Crippen LogP contribution in [0.15, 0.2) is 42.5 Å². The Morgan fingerprint density at radius 2 is 2.00 bits per heavy atom. The average molecular weight is 508 g/mol. The third-order valence-corrected chi connectivity index (χ3v) is 6.05. The quantitative estimate of drug-likeness (QED) is 0.405. The number of aliphatic hydroxyl groups excluding tert-OH is 1. The minimum atomic E-state index is -0.976. The molecule has 2 aromatic carbocycles. The molecule has 2 aromatic rings. The number of carbonyl (C=O) groups excluding carboxylic acids is 1. The van der Waals surface area contributed by atoms with E-state index in [0.29, 0.717) is 48.4 Å². The number of amides is 1. The molecule has 1 fully saturated rings. The number of piperidine rings is 1. The van der Waals surface area contributed by atoms with E-state index in [1.807, 2.05) is 20.8 Å². The summed E-state index contributed by atoms with van der Waals surface area (Å²) in [6, 6.07) is 12.0. The van der Waals surface area contributed by atoms with E-state index in [4.69, 9.17) is 14.7 Å².